The second-order valence-electron chi connectivity index (χ2n) is 4.34. The first-order chi connectivity index (χ1) is 9.56. The van der Waals surface area contributed by atoms with E-state index < -0.39 is 17.9 Å². The number of benzene rings is 1. The van der Waals surface area contributed by atoms with E-state index in [2.05, 4.69) is 12.2 Å². The molecule has 0 aliphatic heterocycles. The Balaban J connectivity index is 2.59. The van der Waals surface area contributed by atoms with Crippen LogP contribution in [0.5, 0.6) is 0 Å². The molecule has 5 heteroatoms. The van der Waals surface area contributed by atoms with E-state index in [1.807, 2.05) is 24.3 Å². The summed E-state index contributed by atoms with van der Waals surface area (Å²) in [5.41, 5.74) is 2.08. The zero-order valence-corrected chi connectivity index (χ0v) is 11.4. The third-order valence-electron chi connectivity index (χ3n) is 2.85. The lowest BCUT2D eigenvalue weighted by Gasteiger charge is -2.11. The summed E-state index contributed by atoms with van der Waals surface area (Å²) in [6, 6.07) is 6.67. The van der Waals surface area contributed by atoms with Crippen LogP contribution >= 0.6 is 0 Å². The lowest BCUT2D eigenvalue weighted by Crippen LogP contribution is -2.40. The molecule has 1 aromatic carbocycles. The van der Waals surface area contributed by atoms with Gasteiger partial charge in [-0.15, -0.1) is 0 Å². The van der Waals surface area contributed by atoms with Crippen molar-refractivity contribution in [1.29, 1.82) is 0 Å². The first kappa shape index (κ1) is 15.9. The van der Waals surface area contributed by atoms with Crippen molar-refractivity contribution in [2.45, 2.75) is 25.8 Å². The van der Waals surface area contributed by atoms with Crippen molar-refractivity contribution in [3.63, 3.8) is 0 Å². The van der Waals surface area contributed by atoms with Crippen LogP contribution in [0.25, 0.3) is 6.08 Å². The molecule has 0 bridgehead atoms. The van der Waals surface area contributed by atoms with Crippen LogP contribution in [-0.4, -0.2) is 34.7 Å². The maximum atomic E-state index is 11.6. The number of rotatable bonds is 7. The van der Waals surface area contributed by atoms with Crippen molar-refractivity contribution >= 4 is 18.0 Å². The van der Waals surface area contributed by atoms with Crippen molar-refractivity contribution in [3.8, 4) is 0 Å². The van der Waals surface area contributed by atoms with Crippen molar-refractivity contribution in [1.82, 2.24) is 5.32 Å². The molecule has 1 amide bonds. The number of carbonyl (C=O) groups excluding carboxylic acids is 1. The molecule has 108 valence electrons. The molecule has 1 rings (SSSR count). The van der Waals surface area contributed by atoms with Crippen LogP contribution in [0, 0.1) is 0 Å². The fourth-order valence-corrected chi connectivity index (χ4v) is 1.64. The maximum absolute atomic E-state index is 11.6. The Morgan fingerprint density at radius 2 is 1.95 bits per heavy atom. The Morgan fingerprint density at radius 1 is 1.30 bits per heavy atom. The molecule has 3 N–H and O–H groups in total. The number of aliphatic hydroxyl groups excluding tert-OH is 1. The first-order valence-corrected chi connectivity index (χ1v) is 6.48. The molecule has 20 heavy (non-hydrogen) atoms. The predicted octanol–water partition coefficient (Wildman–Crippen LogP) is 1.21. The molecule has 0 radical (unpaired) electrons. The fourth-order valence-electron chi connectivity index (χ4n) is 1.64. The summed E-state index contributed by atoms with van der Waals surface area (Å²) in [6.07, 6.45) is 3.84. The molecule has 0 saturated heterocycles. The highest BCUT2D eigenvalue weighted by molar-refractivity contribution is 5.94. The molecule has 1 unspecified atom stereocenters. The molecule has 0 fully saturated rings. The number of aliphatic carboxylic acids is 1. The molecule has 0 aliphatic carbocycles. The van der Waals surface area contributed by atoms with Gasteiger partial charge in [-0.05, 0) is 23.6 Å². The lowest BCUT2D eigenvalue weighted by molar-refractivity contribution is -0.141. The summed E-state index contributed by atoms with van der Waals surface area (Å²) in [6.45, 7) is 1.77. The van der Waals surface area contributed by atoms with Gasteiger partial charge in [0.25, 0.3) is 0 Å². The van der Waals surface area contributed by atoms with Gasteiger partial charge in [0.1, 0.15) is 6.04 Å². The Labute approximate surface area is 117 Å². The quantitative estimate of drug-likeness (QED) is 0.654. The topological polar surface area (TPSA) is 86.6 Å². The van der Waals surface area contributed by atoms with E-state index in [-0.39, 0.29) is 13.0 Å². The smallest absolute Gasteiger partial charge is 0.326 e. The number of carboxylic acids is 1. The first-order valence-electron chi connectivity index (χ1n) is 6.48. The predicted molar refractivity (Wildman–Crippen MR) is 76.1 cm³/mol. The van der Waals surface area contributed by atoms with Gasteiger partial charge in [-0.2, -0.15) is 0 Å². The Morgan fingerprint density at radius 3 is 2.45 bits per heavy atom. The van der Waals surface area contributed by atoms with E-state index >= 15 is 0 Å². The van der Waals surface area contributed by atoms with Gasteiger partial charge >= 0.3 is 5.97 Å². The third kappa shape index (κ3) is 5.24. The van der Waals surface area contributed by atoms with Gasteiger partial charge in [-0.25, -0.2) is 4.79 Å². The average Bonchev–Trinajstić information content (AvgIpc) is 2.45. The molecule has 1 atom stereocenters. The van der Waals surface area contributed by atoms with Crippen molar-refractivity contribution in [2.24, 2.45) is 0 Å². The summed E-state index contributed by atoms with van der Waals surface area (Å²) in [4.78, 5) is 22.4. The van der Waals surface area contributed by atoms with Gasteiger partial charge in [-0.1, -0.05) is 31.2 Å². The van der Waals surface area contributed by atoms with E-state index in [0.717, 1.165) is 12.0 Å². The molecule has 0 saturated carbocycles. The zero-order chi connectivity index (χ0) is 15.0. The molecule has 0 heterocycles. The van der Waals surface area contributed by atoms with Crippen molar-refractivity contribution < 1.29 is 19.8 Å². The molecule has 5 nitrogen and oxygen atoms in total. The minimum atomic E-state index is -1.16. The minimum Gasteiger partial charge on any atom is -0.480 e. The van der Waals surface area contributed by atoms with Crippen LogP contribution in [0.15, 0.2) is 30.3 Å². The molecule has 0 aliphatic rings. The number of aliphatic hydroxyl groups is 1. The van der Waals surface area contributed by atoms with Gasteiger partial charge < -0.3 is 15.5 Å². The summed E-state index contributed by atoms with van der Waals surface area (Å²) in [5.74, 6) is -1.65. The number of carbonyl (C=O) groups is 2. The van der Waals surface area contributed by atoms with Gasteiger partial charge in [0.2, 0.25) is 5.91 Å². The van der Waals surface area contributed by atoms with Gasteiger partial charge in [-0.3, -0.25) is 4.79 Å². The summed E-state index contributed by atoms with van der Waals surface area (Å²) in [7, 11) is 0. The minimum absolute atomic E-state index is 0.0138. The highest BCUT2D eigenvalue weighted by atomic mass is 16.4. The highest BCUT2D eigenvalue weighted by Crippen LogP contribution is 2.06. The Hall–Kier alpha value is -2.14. The van der Waals surface area contributed by atoms with Crippen molar-refractivity contribution in [3.05, 3.63) is 41.5 Å². The van der Waals surface area contributed by atoms with Crippen molar-refractivity contribution in [2.75, 3.05) is 6.61 Å². The maximum Gasteiger partial charge on any atom is 0.326 e. The number of carboxylic acid groups (broad SMARTS) is 1. The monoisotopic (exact) mass is 277 g/mol. The SMILES string of the molecule is CCc1ccc(/C=C/C(=O)NC(CCO)C(=O)O)cc1. The molecule has 1 aromatic rings. The van der Waals surface area contributed by atoms with Crippen LogP contribution in [0.1, 0.15) is 24.5 Å². The summed E-state index contributed by atoms with van der Waals surface area (Å²) >= 11 is 0. The fraction of sp³-hybridized carbons (Fsp3) is 0.333. The van der Waals surface area contributed by atoms with E-state index in [9.17, 15) is 9.59 Å². The summed E-state index contributed by atoms with van der Waals surface area (Å²) in [5, 5.41) is 19.9. The third-order valence-corrected chi connectivity index (χ3v) is 2.85. The van der Waals surface area contributed by atoms with Crippen LogP contribution < -0.4 is 5.32 Å². The van der Waals surface area contributed by atoms with Crippen LogP contribution in [0.2, 0.25) is 0 Å². The number of hydrogen-bond donors (Lipinski definition) is 3. The standard InChI is InChI=1S/C15H19NO4/c1-2-11-3-5-12(6-4-11)7-8-14(18)16-13(9-10-17)15(19)20/h3-8,13,17H,2,9-10H2,1H3,(H,16,18)(H,19,20)/b8-7+. The lowest BCUT2D eigenvalue weighted by atomic mass is 10.1. The molecular weight excluding hydrogens is 258 g/mol. The largest absolute Gasteiger partial charge is 0.480 e. The highest BCUT2D eigenvalue weighted by Gasteiger charge is 2.17. The number of aryl methyl sites for hydroxylation is 1. The molecule has 0 spiro atoms. The zero-order valence-electron chi connectivity index (χ0n) is 11.4. The van der Waals surface area contributed by atoms with Crippen LogP contribution in [0.4, 0.5) is 0 Å². The van der Waals surface area contributed by atoms with E-state index in [4.69, 9.17) is 10.2 Å². The van der Waals surface area contributed by atoms with Gasteiger partial charge in [0.05, 0.1) is 0 Å². The number of amides is 1. The van der Waals surface area contributed by atoms with Gasteiger partial charge in [0.15, 0.2) is 0 Å². The van der Waals surface area contributed by atoms with E-state index in [0.29, 0.717) is 0 Å². The Bertz CT molecular complexity index is 479. The number of hydrogen-bond acceptors (Lipinski definition) is 3. The molecular formula is C15H19NO4. The normalized spacial score (nSPS) is 12.3. The average molecular weight is 277 g/mol. The van der Waals surface area contributed by atoms with Crippen LogP contribution in [0.3, 0.4) is 0 Å². The summed E-state index contributed by atoms with van der Waals surface area (Å²) < 4.78 is 0. The van der Waals surface area contributed by atoms with Gasteiger partial charge in [0, 0.05) is 19.1 Å². The second-order valence-corrected chi connectivity index (χ2v) is 4.34. The van der Waals surface area contributed by atoms with E-state index in [1.165, 1.54) is 11.6 Å². The molecule has 0 aromatic heterocycles. The van der Waals surface area contributed by atoms with E-state index in [1.54, 1.807) is 6.08 Å². The van der Waals surface area contributed by atoms with Crippen LogP contribution in [-0.2, 0) is 16.0 Å². The Kier molecular flexibility index (Phi) is 6.46. The second kappa shape index (κ2) is 8.12. The number of nitrogens with one attached hydrogen (secondary N) is 1.